The zero-order valence-electron chi connectivity index (χ0n) is 13.8. The summed E-state index contributed by atoms with van der Waals surface area (Å²) >= 11 is 0. The van der Waals surface area contributed by atoms with Crippen molar-refractivity contribution in [2.45, 2.75) is 51.8 Å². The summed E-state index contributed by atoms with van der Waals surface area (Å²) in [6, 6.07) is 2.49. The molecule has 0 amide bonds. The predicted molar refractivity (Wildman–Crippen MR) is 80.9 cm³/mol. The van der Waals surface area contributed by atoms with Crippen molar-refractivity contribution in [1.29, 1.82) is 0 Å². The maximum absolute atomic E-state index is 13.6. The molecule has 0 saturated heterocycles. The highest BCUT2D eigenvalue weighted by atomic mass is 19.4. The van der Waals surface area contributed by atoms with Crippen molar-refractivity contribution in [2.75, 3.05) is 6.61 Å². The quantitative estimate of drug-likeness (QED) is 0.370. The van der Waals surface area contributed by atoms with E-state index >= 15 is 0 Å². The van der Waals surface area contributed by atoms with E-state index in [-0.39, 0.29) is 19.4 Å². The summed E-state index contributed by atoms with van der Waals surface area (Å²) in [6.45, 7) is 1.40. The second kappa shape index (κ2) is 10.0. The van der Waals surface area contributed by atoms with Crippen LogP contribution in [0, 0.1) is 5.82 Å². The van der Waals surface area contributed by atoms with Crippen molar-refractivity contribution in [1.82, 2.24) is 0 Å². The number of ether oxygens (including phenoxy) is 2. The molecular formula is C17H20F4O4. The van der Waals surface area contributed by atoms with Crippen LogP contribution in [0.2, 0.25) is 0 Å². The first kappa shape index (κ1) is 20.9. The minimum absolute atomic E-state index is 0.242. The second-order valence-corrected chi connectivity index (χ2v) is 5.35. The maximum Gasteiger partial charge on any atom is 0.416 e. The zero-order valence-corrected chi connectivity index (χ0v) is 13.8. The normalized spacial score (nSPS) is 11.2. The molecule has 0 aliphatic heterocycles. The fraction of sp³-hybridized carbons (Fsp3) is 0.529. The van der Waals surface area contributed by atoms with E-state index in [0.29, 0.717) is 6.07 Å². The molecular weight excluding hydrogens is 344 g/mol. The fourth-order valence-corrected chi connectivity index (χ4v) is 2.01. The van der Waals surface area contributed by atoms with E-state index in [1.807, 2.05) is 6.92 Å². The van der Waals surface area contributed by atoms with Gasteiger partial charge in [-0.1, -0.05) is 25.8 Å². The third kappa shape index (κ3) is 7.53. The van der Waals surface area contributed by atoms with E-state index in [1.165, 1.54) is 0 Å². The minimum atomic E-state index is -4.76. The van der Waals surface area contributed by atoms with Gasteiger partial charge in [0, 0.05) is 5.56 Å². The number of carbonyl (C=O) groups is 2. The molecule has 140 valence electrons. The number of hydrogen-bond donors (Lipinski definition) is 0. The lowest BCUT2D eigenvalue weighted by Gasteiger charge is -2.13. The lowest BCUT2D eigenvalue weighted by Crippen LogP contribution is -2.15. The van der Waals surface area contributed by atoms with Crippen LogP contribution in [0.15, 0.2) is 18.2 Å². The Labute approximate surface area is 143 Å². The van der Waals surface area contributed by atoms with E-state index < -0.39 is 41.7 Å². The summed E-state index contributed by atoms with van der Waals surface area (Å²) in [6.07, 6.45) is -2.73. The molecule has 0 unspecified atom stereocenters. The second-order valence-electron chi connectivity index (χ2n) is 5.35. The zero-order chi connectivity index (χ0) is 18.9. The molecule has 25 heavy (non-hydrogen) atoms. The fourth-order valence-electron chi connectivity index (χ4n) is 2.01. The third-order valence-electron chi connectivity index (χ3n) is 3.35. The predicted octanol–water partition coefficient (Wildman–Crippen LogP) is 4.40. The first-order valence-electron chi connectivity index (χ1n) is 7.91. The third-order valence-corrected chi connectivity index (χ3v) is 3.35. The van der Waals surface area contributed by atoms with Crippen LogP contribution in [0.5, 0.6) is 0 Å². The van der Waals surface area contributed by atoms with Crippen molar-refractivity contribution in [3.63, 3.8) is 0 Å². The summed E-state index contributed by atoms with van der Waals surface area (Å²) in [5.74, 6) is -2.60. The lowest BCUT2D eigenvalue weighted by atomic mass is 10.1. The smallest absolute Gasteiger partial charge is 0.416 e. The van der Waals surface area contributed by atoms with Gasteiger partial charge in [-0.05, 0) is 18.6 Å². The van der Waals surface area contributed by atoms with Crippen molar-refractivity contribution in [3.05, 3.63) is 35.1 Å². The van der Waals surface area contributed by atoms with Gasteiger partial charge in [0.1, 0.15) is 12.4 Å². The van der Waals surface area contributed by atoms with Gasteiger partial charge >= 0.3 is 18.1 Å². The summed E-state index contributed by atoms with van der Waals surface area (Å²) in [5.41, 5.74) is -1.94. The molecule has 0 radical (unpaired) electrons. The highest BCUT2D eigenvalue weighted by molar-refractivity contribution is 5.77. The molecule has 0 saturated carbocycles. The maximum atomic E-state index is 13.6. The molecule has 0 aliphatic rings. The molecule has 0 bridgehead atoms. The van der Waals surface area contributed by atoms with Crippen LogP contribution in [-0.2, 0) is 31.8 Å². The molecule has 0 fully saturated rings. The topological polar surface area (TPSA) is 52.6 Å². The van der Waals surface area contributed by atoms with E-state index in [1.54, 1.807) is 0 Å². The molecule has 1 rings (SSSR count). The summed E-state index contributed by atoms with van der Waals surface area (Å²) < 4.78 is 61.6. The minimum Gasteiger partial charge on any atom is -0.466 e. The van der Waals surface area contributed by atoms with Crippen LogP contribution >= 0.6 is 0 Å². The first-order chi connectivity index (χ1) is 11.8. The molecule has 0 N–H and O–H groups in total. The van der Waals surface area contributed by atoms with Gasteiger partial charge in [-0.15, -0.1) is 0 Å². The lowest BCUT2D eigenvalue weighted by molar-refractivity contribution is -0.152. The van der Waals surface area contributed by atoms with Gasteiger partial charge in [-0.25, -0.2) is 4.39 Å². The van der Waals surface area contributed by atoms with Crippen LogP contribution in [0.4, 0.5) is 17.6 Å². The standard InChI is InChI=1S/C17H20F4O4/c1-2-3-4-10-24-15(22)8-9-16(23)25-11-12-13(17(19,20)21)6-5-7-14(12)18/h5-7H,2-4,8-11H2,1H3. The van der Waals surface area contributed by atoms with Gasteiger partial charge < -0.3 is 9.47 Å². The Balaban J connectivity index is 2.46. The number of rotatable bonds is 9. The number of benzene rings is 1. The summed E-state index contributed by atoms with van der Waals surface area (Å²) in [7, 11) is 0. The number of esters is 2. The molecule has 0 aromatic heterocycles. The Bertz CT molecular complexity index is 585. The molecule has 0 atom stereocenters. The molecule has 4 nitrogen and oxygen atoms in total. The van der Waals surface area contributed by atoms with Crippen LogP contribution in [0.25, 0.3) is 0 Å². The van der Waals surface area contributed by atoms with Gasteiger partial charge in [0.2, 0.25) is 0 Å². The van der Waals surface area contributed by atoms with Gasteiger partial charge in [-0.3, -0.25) is 9.59 Å². The Kier molecular flexibility index (Phi) is 8.37. The molecule has 8 heteroatoms. The van der Waals surface area contributed by atoms with Gasteiger partial charge in [0.15, 0.2) is 0 Å². The number of carbonyl (C=O) groups excluding carboxylic acids is 2. The van der Waals surface area contributed by atoms with Crippen molar-refractivity contribution < 1.29 is 36.6 Å². The summed E-state index contributed by atoms with van der Waals surface area (Å²) in [5, 5.41) is 0. The molecule has 0 aliphatic carbocycles. The van der Waals surface area contributed by atoms with Crippen LogP contribution in [-0.4, -0.2) is 18.5 Å². The van der Waals surface area contributed by atoms with Gasteiger partial charge in [0.05, 0.1) is 25.0 Å². The molecule has 1 aromatic carbocycles. The highest BCUT2D eigenvalue weighted by Gasteiger charge is 2.34. The molecule has 0 spiro atoms. The van der Waals surface area contributed by atoms with Crippen LogP contribution < -0.4 is 0 Å². The van der Waals surface area contributed by atoms with Crippen molar-refractivity contribution >= 4 is 11.9 Å². The SMILES string of the molecule is CCCCCOC(=O)CCC(=O)OCc1c(F)cccc1C(F)(F)F. The Morgan fingerprint density at radius 2 is 1.68 bits per heavy atom. The highest BCUT2D eigenvalue weighted by Crippen LogP contribution is 2.33. The van der Waals surface area contributed by atoms with E-state index in [0.717, 1.165) is 31.4 Å². The Morgan fingerprint density at radius 1 is 1.04 bits per heavy atom. The molecule has 0 heterocycles. The monoisotopic (exact) mass is 364 g/mol. The van der Waals surface area contributed by atoms with Crippen molar-refractivity contribution in [2.24, 2.45) is 0 Å². The number of halogens is 4. The van der Waals surface area contributed by atoms with E-state index in [9.17, 15) is 27.2 Å². The number of unbranched alkanes of at least 4 members (excludes halogenated alkanes) is 2. The first-order valence-corrected chi connectivity index (χ1v) is 7.91. The Morgan fingerprint density at radius 3 is 2.28 bits per heavy atom. The van der Waals surface area contributed by atoms with E-state index in [4.69, 9.17) is 4.74 Å². The van der Waals surface area contributed by atoms with Crippen LogP contribution in [0.1, 0.15) is 50.2 Å². The van der Waals surface area contributed by atoms with Crippen LogP contribution in [0.3, 0.4) is 0 Å². The number of hydrogen-bond acceptors (Lipinski definition) is 4. The van der Waals surface area contributed by atoms with Gasteiger partial charge in [-0.2, -0.15) is 13.2 Å². The average Bonchev–Trinajstić information content (AvgIpc) is 2.54. The largest absolute Gasteiger partial charge is 0.466 e. The Hall–Kier alpha value is -2.12. The average molecular weight is 364 g/mol. The summed E-state index contributed by atoms with van der Waals surface area (Å²) in [4.78, 5) is 22.9. The van der Waals surface area contributed by atoms with Gasteiger partial charge in [0.25, 0.3) is 0 Å². The van der Waals surface area contributed by atoms with E-state index in [2.05, 4.69) is 4.74 Å². The van der Waals surface area contributed by atoms with Crippen molar-refractivity contribution in [3.8, 4) is 0 Å². The number of alkyl halides is 3. The molecule has 1 aromatic rings.